The third kappa shape index (κ3) is 4.60. The van der Waals surface area contributed by atoms with Crippen molar-refractivity contribution in [1.29, 1.82) is 0 Å². The molecule has 0 spiro atoms. The van der Waals surface area contributed by atoms with E-state index in [-0.39, 0.29) is 5.91 Å². The van der Waals surface area contributed by atoms with Gasteiger partial charge in [-0.2, -0.15) is 0 Å². The molecule has 0 radical (unpaired) electrons. The fraction of sp³-hybridized carbons (Fsp3) is 0.467. The molecular weight excluding hydrogens is 284 g/mol. The second-order valence-corrected chi connectivity index (χ2v) is 5.88. The monoisotopic (exact) mass is 306 g/mol. The number of hydrogen-bond donors (Lipinski definition) is 3. The van der Waals surface area contributed by atoms with E-state index >= 15 is 0 Å². The molecule has 2 rings (SSSR count). The van der Waals surface area contributed by atoms with Crippen LogP contribution in [0.1, 0.15) is 36.0 Å². The quantitative estimate of drug-likeness (QED) is 0.587. The fourth-order valence-electron chi connectivity index (χ4n) is 2.39. The minimum atomic E-state index is -0.198. The lowest BCUT2D eigenvalue weighted by Crippen LogP contribution is -2.49. The highest BCUT2D eigenvalue weighted by Crippen LogP contribution is 2.17. The summed E-state index contributed by atoms with van der Waals surface area (Å²) in [6.45, 7) is 0. The van der Waals surface area contributed by atoms with Crippen LogP contribution >= 0.6 is 12.2 Å². The lowest BCUT2D eigenvalue weighted by molar-refractivity contribution is 0.0943. The van der Waals surface area contributed by atoms with Gasteiger partial charge in [-0.1, -0.05) is 12.8 Å². The van der Waals surface area contributed by atoms with Gasteiger partial charge in [0.05, 0.1) is 0 Å². The predicted molar refractivity (Wildman–Crippen MR) is 89.4 cm³/mol. The van der Waals surface area contributed by atoms with E-state index in [4.69, 9.17) is 12.2 Å². The molecule has 6 heteroatoms. The Bertz CT molecular complexity index is 495. The van der Waals surface area contributed by atoms with Crippen LogP contribution in [0.25, 0.3) is 0 Å². The van der Waals surface area contributed by atoms with Gasteiger partial charge in [-0.05, 0) is 49.3 Å². The molecule has 1 aromatic carbocycles. The van der Waals surface area contributed by atoms with Gasteiger partial charge in [0.2, 0.25) is 0 Å². The summed E-state index contributed by atoms with van der Waals surface area (Å²) in [4.78, 5) is 14.0. The minimum Gasteiger partial charge on any atom is -0.378 e. The molecule has 1 amide bonds. The second-order valence-electron chi connectivity index (χ2n) is 5.48. The van der Waals surface area contributed by atoms with Crippen molar-refractivity contribution in [2.24, 2.45) is 0 Å². The summed E-state index contributed by atoms with van der Waals surface area (Å²) in [7, 11) is 3.92. The van der Waals surface area contributed by atoms with E-state index in [9.17, 15) is 4.79 Å². The molecule has 0 bridgehead atoms. The van der Waals surface area contributed by atoms with Gasteiger partial charge in [-0.15, -0.1) is 0 Å². The van der Waals surface area contributed by atoms with Crippen LogP contribution in [0.5, 0.6) is 0 Å². The molecule has 1 saturated carbocycles. The SMILES string of the molecule is CN(C)c1ccc(C(=O)NNC(=S)NC2CCCC2)cc1. The molecular formula is C15H22N4OS. The van der Waals surface area contributed by atoms with Crippen molar-refractivity contribution < 1.29 is 4.79 Å². The van der Waals surface area contributed by atoms with Crippen LogP contribution in [-0.4, -0.2) is 31.2 Å². The predicted octanol–water partition coefficient (Wildman–Crippen LogP) is 1.80. The Kier molecular flexibility index (Phi) is 5.38. The summed E-state index contributed by atoms with van der Waals surface area (Å²) >= 11 is 5.17. The number of anilines is 1. The van der Waals surface area contributed by atoms with Crippen LogP contribution in [0, 0.1) is 0 Å². The van der Waals surface area contributed by atoms with Crippen molar-refractivity contribution in [3.8, 4) is 0 Å². The molecule has 0 aromatic heterocycles. The fourth-order valence-corrected chi connectivity index (χ4v) is 2.61. The first kappa shape index (κ1) is 15.6. The van der Waals surface area contributed by atoms with E-state index in [0.29, 0.717) is 16.7 Å². The highest BCUT2D eigenvalue weighted by molar-refractivity contribution is 7.80. The van der Waals surface area contributed by atoms with Gasteiger partial charge in [0.15, 0.2) is 5.11 Å². The molecule has 0 aliphatic heterocycles. The van der Waals surface area contributed by atoms with Crippen LogP contribution in [0.15, 0.2) is 24.3 Å². The molecule has 0 saturated heterocycles. The smallest absolute Gasteiger partial charge is 0.269 e. The molecule has 5 nitrogen and oxygen atoms in total. The average Bonchev–Trinajstić information content (AvgIpc) is 2.97. The summed E-state index contributed by atoms with van der Waals surface area (Å²) < 4.78 is 0. The number of thiocarbonyl (C=S) groups is 1. The molecule has 3 N–H and O–H groups in total. The molecule has 0 heterocycles. The first-order valence-electron chi connectivity index (χ1n) is 7.20. The number of benzene rings is 1. The molecule has 1 aliphatic carbocycles. The van der Waals surface area contributed by atoms with Gasteiger partial charge in [0, 0.05) is 31.4 Å². The van der Waals surface area contributed by atoms with Gasteiger partial charge < -0.3 is 10.2 Å². The maximum atomic E-state index is 12.0. The molecule has 114 valence electrons. The normalized spacial score (nSPS) is 14.6. The number of carbonyl (C=O) groups is 1. The summed E-state index contributed by atoms with van der Waals surface area (Å²) in [5, 5.41) is 3.68. The Balaban J connectivity index is 1.79. The van der Waals surface area contributed by atoms with E-state index in [1.807, 2.05) is 31.1 Å². The Hall–Kier alpha value is -1.82. The van der Waals surface area contributed by atoms with Crippen molar-refractivity contribution in [3.63, 3.8) is 0 Å². The topological polar surface area (TPSA) is 56.4 Å². The maximum absolute atomic E-state index is 12.0. The van der Waals surface area contributed by atoms with Crippen molar-refractivity contribution in [2.75, 3.05) is 19.0 Å². The van der Waals surface area contributed by atoms with Gasteiger partial charge in [0.1, 0.15) is 0 Å². The lowest BCUT2D eigenvalue weighted by atomic mass is 10.2. The van der Waals surface area contributed by atoms with Crippen LogP contribution in [-0.2, 0) is 0 Å². The lowest BCUT2D eigenvalue weighted by Gasteiger charge is -2.16. The number of rotatable bonds is 3. The van der Waals surface area contributed by atoms with E-state index < -0.39 is 0 Å². The number of amides is 1. The van der Waals surface area contributed by atoms with E-state index in [1.165, 1.54) is 12.8 Å². The summed E-state index contributed by atoms with van der Waals surface area (Å²) in [5.41, 5.74) is 7.02. The molecule has 1 fully saturated rings. The first-order chi connectivity index (χ1) is 10.1. The molecule has 0 atom stereocenters. The van der Waals surface area contributed by atoms with Gasteiger partial charge in [0.25, 0.3) is 5.91 Å². The Morgan fingerprint density at radius 1 is 1.14 bits per heavy atom. The van der Waals surface area contributed by atoms with Crippen molar-refractivity contribution in [3.05, 3.63) is 29.8 Å². The number of hydrazine groups is 1. The van der Waals surface area contributed by atoms with Gasteiger partial charge in [-0.3, -0.25) is 15.6 Å². The largest absolute Gasteiger partial charge is 0.378 e. The first-order valence-corrected chi connectivity index (χ1v) is 7.61. The molecule has 21 heavy (non-hydrogen) atoms. The number of nitrogens with one attached hydrogen (secondary N) is 3. The van der Waals surface area contributed by atoms with Crippen LogP contribution in [0.2, 0.25) is 0 Å². The molecule has 1 aromatic rings. The number of nitrogens with zero attached hydrogens (tertiary/aromatic N) is 1. The molecule has 0 unspecified atom stereocenters. The highest BCUT2D eigenvalue weighted by atomic mass is 32.1. The zero-order chi connectivity index (χ0) is 15.2. The van der Waals surface area contributed by atoms with Gasteiger partial charge in [-0.25, -0.2) is 0 Å². The second kappa shape index (κ2) is 7.26. The maximum Gasteiger partial charge on any atom is 0.269 e. The number of carbonyl (C=O) groups excluding carboxylic acids is 1. The number of hydrogen-bond acceptors (Lipinski definition) is 3. The summed E-state index contributed by atoms with van der Waals surface area (Å²) in [6.07, 6.45) is 4.76. The van der Waals surface area contributed by atoms with E-state index in [2.05, 4.69) is 16.2 Å². The summed E-state index contributed by atoms with van der Waals surface area (Å²) in [5.74, 6) is -0.198. The zero-order valence-corrected chi connectivity index (χ0v) is 13.3. The average molecular weight is 306 g/mol. The summed E-state index contributed by atoms with van der Waals surface area (Å²) in [6, 6.07) is 7.83. The third-order valence-corrected chi connectivity index (χ3v) is 3.85. The van der Waals surface area contributed by atoms with Crippen LogP contribution in [0.4, 0.5) is 5.69 Å². The Morgan fingerprint density at radius 2 is 1.76 bits per heavy atom. The van der Waals surface area contributed by atoms with Crippen LogP contribution in [0.3, 0.4) is 0 Å². The van der Waals surface area contributed by atoms with E-state index in [1.54, 1.807) is 12.1 Å². The van der Waals surface area contributed by atoms with Crippen molar-refractivity contribution in [1.82, 2.24) is 16.2 Å². The Labute approximate surface area is 131 Å². The minimum absolute atomic E-state index is 0.198. The molecule has 1 aliphatic rings. The van der Waals surface area contributed by atoms with Crippen molar-refractivity contribution in [2.45, 2.75) is 31.7 Å². The standard InChI is InChI=1S/C15H22N4OS/c1-19(2)13-9-7-11(8-10-13)14(20)17-18-15(21)16-12-5-3-4-6-12/h7-10,12H,3-6H2,1-2H3,(H,17,20)(H2,16,18,21). The van der Waals surface area contributed by atoms with E-state index in [0.717, 1.165) is 18.5 Å². The third-order valence-electron chi connectivity index (χ3n) is 3.63. The van der Waals surface area contributed by atoms with Crippen LogP contribution < -0.4 is 21.1 Å². The highest BCUT2D eigenvalue weighted by Gasteiger charge is 2.15. The Morgan fingerprint density at radius 3 is 2.33 bits per heavy atom. The zero-order valence-electron chi connectivity index (χ0n) is 12.5. The van der Waals surface area contributed by atoms with Crippen molar-refractivity contribution >= 4 is 28.9 Å². The van der Waals surface area contributed by atoms with Gasteiger partial charge >= 0.3 is 0 Å².